The maximum atomic E-state index is 12.1. The number of nitrogens with zero attached hydrogens (tertiary/aromatic N) is 3. The highest BCUT2D eigenvalue weighted by Crippen LogP contribution is 2.27. The first kappa shape index (κ1) is 17.2. The minimum atomic E-state index is -0.125. The van der Waals surface area contributed by atoms with Crippen LogP contribution in [0, 0.1) is 0 Å². The van der Waals surface area contributed by atoms with Crippen LogP contribution in [0.5, 0.6) is 0 Å². The average Bonchev–Trinajstić information content (AvgIpc) is 3.14. The van der Waals surface area contributed by atoms with Gasteiger partial charge in [0.15, 0.2) is 0 Å². The minimum absolute atomic E-state index is 0.0491. The lowest BCUT2D eigenvalue weighted by Crippen LogP contribution is -2.49. The summed E-state index contributed by atoms with van der Waals surface area (Å²) in [7, 11) is 1.61. The number of nitrogens with one attached hydrogen (secondary N) is 2. The molecular formula is C18H23N5O2. The molecule has 0 radical (unpaired) electrons. The van der Waals surface area contributed by atoms with Gasteiger partial charge in [0.1, 0.15) is 5.82 Å². The first-order valence-electron chi connectivity index (χ1n) is 8.38. The van der Waals surface area contributed by atoms with E-state index in [1.807, 2.05) is 29.3 Å². The number of piperazine rings is 1. The maximum absolute atomic E-state index is 12.1. The van der Waals surface area contributed by atoms with Crippen molar-refractivity contribution in [3.05, 3.63) is 53.6 Å². The summed E-state index contributed by atoms with van der Waals surface area (Å²) < 4.78 is 0. The molecule has 3 rings (SSSR count). The number of H-pyrrole nitrogens is 1. The van der Waals surface area contributed by atoms with E-state index in [4.69, 9.17) is 0 Å². The number of carbonyl (C=O) groups is 2. The van der Waals surface area contributed by atoms with Crippen LogP contribution in [-0.4, -0.2) is 58.3 Å². The van der Waals surface area contributed by atoms with Gasteiger partial charge >= 0.3 is 0 Å². The van der Waals surface area contributed by atoms with Crippen molar-refractivity contribution in [2.75, 3.05) is 26.7 Å². The third-order valence-corrected chi connectivity index (χ3v) is 4.56. The molecule has 2 heterocycles. The van der Waals surface area contributed by atoms with Gasteiger partial charge in [0.2, 0.25) is 5.91 Å². The van der Waals surface area contributed by atoms with Gasteiger partial charge in [0.25, 0.3) is 5.91 Å². The normalized spacial score (nSPS) is 18.2. The smallest absolute Gasteiger partial charge is 0.251 e. The van der Waals surface area contributed by atoms with E-state index in [-0.39, 0.29) is 17.9 Å². The number of hydrogen-bond donors (Lipinski definition) is 2. The van der Waals surface area contributed by atoms with Crippen LogP contribution in [0.25, 0.3) is 0 Å². The molecule has 0 bridgehead atoms. The molecule has 1 aromatic heterocycles. The second kappa shape index (κ2) is 7.48. The van der Waals surface area contributed by atoms with Crippen molar-refractivity contribution in [1.82, 2.24) is 25.1 Å². The van der Waals surface area contributed by atoms with Gasteiger partial charge in [0, 0.05) is 51.6 Å². The Hall–Kier alpha value is -2.67. The van der Waals surface area contributed by atoms with E-state index in [2.05, 4.69) is 20.2 Å². The molecule has 1 aliphatic heterocycles. The van der Waals surface area contributed by atoms with Crippen LogP contribution in [0.15, 0.2) is 36.7 Å². The fourth-order valence-electron chi connectivity index (χ4n) is 3.27. The summed E-state index contributed by atoms with van der Waals surface area (Å²) in [6.07, 6.45) is 3.55. The summed E-state index contributed by atoms with van der Waals surface area (Å²) in [5.41, 5.74) is 1.58. The van der Waals surface area contributed by atoms with Gasteiger partial charge < -0.3 is 15.2 Å². The number of amides is 2. The number of hydrogen-bond acceptors (Lipinski definition) is 4. The van der Waals surface area contributed by atoms with Crippen molar-refractivity contribution in [2.24, 2.45) is 0 Å². The third-order valence-electron chi connectivity index (χ3n) is 4.56. The Bertz CT molecular complexity index is 744. The first-order chi connectivity index (χ1) is 12.1. The quantitative estimate of drug-likeness (QED) is 0.875. The zero-order valence-corrected chi connectivity index (χ0v) is 14.5. The molecule has 0 saturated carbocycles. The lowest BCUT2D eigenvalue weighted by Gasteiger charge is -2.41. The van der Waals surface area contributed by atoms with Gasteiger partial charge in [-0.3, -0.25) is 14.5 Å². The number of aromatic amines is 1. The highest BCUT2D eigenvalue weighted by Gasteiger charge is 2.30. The molecule has 1 aliphatic rings. The van der Waals surface area contributed by atoms with E-state index in [0.717, 1.165) is 17.9 Å². The molecule has 1 aromatic carbocycles. The summed E-state index contributed by atoms with van der Waals surface area (Å²) in [4.78, 5) is 35.6. The van der Waals surface area contributed by atoms with Crippen molar-refractivity contribution in [2.45, 2.75) is 19.5 Å². The molecule has 2 aromatic rings. The zero-order chi connectivity index (χ0) is 17.8. The van der Waals surface area contributed by atoms with E-state index in [9.17, 15) is 9.59 Å². The Morgan fingerprint density at radius 3 is 2.88 bits per heavy atom. The number of benzene rings is 1. The maximum Gasteiger partial charge on any atom is 0.251 e. The van der Waals surface area contributed by atoms with Gasteiger partial charge in [-0.25, -0.2) is 4.98 Å². The predicted molar refractivity (Wildman–Crippen MR) is 93.8 cm³/mol. The Morgan fingerprint density at radius 1 is 1.36 bits per heavy atom. The molecule has 2 amide bonds. The molecule has 7 heteroatoms. The van der Waals surface area contributed by atoms with E-state index < -0.39 is 0 Å². The standard InChI is InChI=1S/C18H23N5O2/c1-13(24)23-9-8-22(12-17-20-6-7-21-17)11-16(23)14-4-3-5-15(10-14)18(25)19-2/h3-7,10,16H,8-9,11-12H2,1-2H3,(H,19,25)(H,20,21). The van der Waals surface area contributed by atoms with Crippen LogP contribution in [0.4, 0.5) is 0 Å². The minimum Gasteiger partial charge on any atom is -0.355 e. The Labute approximate surface area is 147 Å². The van der Waals surface area contributed by atoms with Crippen molar-refractivity contribution in [3.8, 4) is 0 Å². The SMILES string of the molecule is CNC(=O)c1cccc(C2CN(Cc3ncc[nH]3)CCN2C(C)=O)c1. The van der Waals surface area contributed by atoms with Crippen LogP contribution in [-0.2, 0) is 11.3 Å². The van der Waals surface area contributed by atoms with Gasteiger partial charge in [-0.05, 0) is 17.7 Å². The predicted octanol–water partition coefficient (Wildman–Crippen LogP) is 1.17. The van der Waals surface area contributed by atoms with Crippen molar-refractivity contribution in [1.29, 1.82) is 0 Å². The molecule has 0 spiro atoms. The Kier molecular flexibility index (Phi) is 5.14. The fraction of sp³-hybridized carbons (Fsp3) is 0.389. The molecule has 132 valence electrons. The van der Waals surface area contributed by atoms with E-state index in [0.29, 0.717) is 25.2 Å². The second-order valence-electron chi connectivity index (χ2n) is 6.20. The summed E-state index contributed by atoms with van der Waals surface area (Å²) in [5.74, 6) is 0.835. The third kappa shape index (κ3) is 3.88. The number of imidazole rings is 1. The van der Waals surface area contributed by atoms with Gasteiger partial charge in [0.05, 0.1) is 12.6 Å². The largest absolute Gasteiger partial charge is 0.355 e. The second-order valence-corrected chi connectivity index (χ2v) is 6.20. The van der Waals surface area contributed by atoms with Crippen LogP contribution >= 0.6 is 0 Å². The summed E-state index contributed by atoms with van der Waals surface area (Å²) in [5, 5.41) is 2.64. The first-order valence-corrected chi connectivity index (χ1v) is 8.38. The topological polar surface area (TPSA) is 81.3 Å². The summed E-state index contributed by atoms with van der Waals surface area (Å²) in [6, 6.07) is 7.41. The molecule has 2 N–H and O–H groups in total. The van der Waals surface area contributed by atoms with E-state index >= 15 is 0 Å². The Morgan fingerprint density at radius 2 is 2.20 bits per heavy atom. The molecule has 25 heavy (non-hydrogen) atoms. The van der Waals surface area contributed by atoms with Crippen LogP contribution < -0.4 is 5.32 Å². The zero-order valence-electron chi connectivity index (χ0n) is 14.5. The number of carbonyl (C=O) groups excluding carboxylic acids is 2. The van der Waals surface area contributed by atoms with E-state index in [1.54, 1.807) is 26.2 Å². The highest BCUT2D eigenvalue weighted by molar-refractivity contribution is 5.94. The van der Waals surface area contributed by atoms with Gasteiger partial charge in [-0.2, -0.15) is 0 Å². The molecule has 7 nitrogen and oxygen atoms in total. The molecular weight excluding hydrogens is 318 g/mol. The molecule has 1 unspecified atom stereocenters. The highest BCUT2D eigenvalue weighted by atomic mass is 16.2. The monoisotopic (exact) mass is 341 g/mol. The number of rotatable bonds is 4. The molecule has 1 fully saturated rings. The number of aromatic nitrogens is 2. The molecule has 1 saturated heterocycles. The van der Waals surface area contributed by atoms with Crippen LogP contribution in [0.2, 0.25) is 0 Å². The lowest BCUT2D eigenvalue weighted by molar-refractivity contribution is -0.134. The van der Waals surface area contributed by atoms with Gasteiger partial charge in [-0.15, -0.1) is 0 Å². The van der Waals surface area contributed by atoms with Crippen molar-refractivity contribution in [3.63, 3.8) is 0 Å². The van der Waals surface area contributed by atoms with Crippen molar-refractivity contribution >= 4 is 11.8 Å². The van der Waals surface area contributed by atoms with Gasteiger partial charge in [-0.1, -0.05) is 12.1 Å². The van der Waals surface area contributed by atoms with Crippen molar-refractivity contribution < 1.29 is 9.59 Å². The molecule has 0 aliphatic carbocycles. The van der Waals surface area contributed by atoms with Crippen LogP contribution in [0.1, 0.15) is 34.7 Å². The van der Waals surface area contributed by atoms with Crippen LogP contribution in [0.3, 0.4) is 0 Å². The average molecular weight is 341 g/mol. The Balaban J connectivity index is 1.83. The molecule has 1 atom stereocenters. The van der Waals surface area contributed by atoms with E-state index in [1.165, 1.54) is 0 Å². The fourth-order valence-corrected chi connectivity index (χ4v) is 3.27. The summed E-state index contributed by atoms with van der Waals surface area (Å²) in [6.45, 7) is 4.47. The summed E-state index contributed by atoms with van der Waals surface area (Å²) >= 11 is 0. The lowest BCUT2D eigenvalue weighted by atomic mass is 9.99.